The van der Waals surface area contributed by atoms with Crippen molar-refractivity contribution in [3.05, 3.63) is 114 Å². The molecule has 0 aliphatic carbocycles. The lowest BCUT2D eigenvalue weighted by Crippen LogP contribution is -2.14. The number of carbonyl (C=O) groups excluding carboxylic acids is 2. The summed E-state index contributed by atoms with van der Waals surface area (Å²) in [5.41, 5.74) is 4.78. The Labute approximate surface area is 204 Å². The van der Waals surface area contributed by atoms with Crippen molar-refractivity contribution in [2.45, 2.75) is 11.8 Å². The number of carbonyl (C=O) groups is 2. The van der Waals surface area contributed by atoms with E-state index in [0.29, 0.717) is 16.9 Å². The summed E-state index contributed by atoms with van der Waals surface area (Å²) >= 11 is 0. The van der Waals surface area contributed by atoms with Gasteiger partial charge in [0.25, 0.3) is 11.8 Å². The first kappa shape index (κ1) is 23.9. The van der Waals surface area contributed by atoms with E-state index in [1.807, 2.05) is 49.4 Å². The molecule has 0 saturated heterocycles. The summed E-state index contributed by atoms with van der Waals surface area (Å²) in [6, 6.07) is 28.3. The lowest BCUT2D eigenvalue weighted by molar-refractivity contribution is 0.101. The number of hydrogen-bond acceptors (Lipinski definition) is 4. The van der Waals surface area contributed by atoms with Crippen molar-refractivity contribution in [3.8, 4) is 11.1 Å². The second kappa shape index (κ2) is 9.95. The van der Waals surface area contributed by atoms with E-state index in [4.69, 9.17) is 0 Å². The van der Waals surface area contributed by atoms with E-state index in [1.54, 1.807) is 36.4 Å². The predicted octanol–water partition coefficient (Wildman–Crippen LogP) is 5.57. The van der Waals surface area contributed by atoms with Gasteiger partial charge in [-0.2, -0.15) is 0 Å². The Kier molecular flexibility index (Phi) is 6.80. The molecule has 0 spiro atoms. The van der Waals surface area contributed by atoms with Crippen LogP contribution in [-0.4, -0.2) is 26.5 Å². The average Bonchev–Trinajstić information content (AvgIpc) is 2.86. The van der Waals surface area contributed by atoms with E-state index in [-0.39, 0.29) is 16.4 Å². The van der Waals surface area contributed by atoms with Gasteiger partial charge in [0, 0.05) is 28.8 Å². The zero-order valence-electron chi connectivity index (χ0n) is 19.3. The molecule has 4 aromatic rings. The third-order valence-corrected chi connectivity index (χ3v) is 6.62. The first-order valence-corrected chi connectivity index (χ1v) is 12.8. The first-order valence-electron chi connectivity index (χ1n) is 10.9. The van der Waals surface area contributed by atoms with E-state index in [9.17, 15) is 18.0 Å². The molecule has 0 bridgehead atoms. The van der Waals surface area contributed by atoms with Crippen LogP contribution in [0.25, 0.3) is 11.1 Å². The minimum Gasteiger partial charge on any atom is -0.322 e. The fourth-order valence-corrected chi connectivity index (χ4v) is 4.26. The summed E-state index contributed by atoms with van der Waals surface area (Å²) in [4.78, 5) is 25.4. The zero-order chi connectivity index (χ0) is 25.0. The normalized spacial score (nSPS) is 11.0. The molecule has 2 N–H and O–H groups in total. The van der Waals surface area contributed by atoms with Crippen molar-refractivity contribution in [2.24, 2.45) is 0 Å². The van der Waals surface area contributed by atoms with Crippen molar-refractivity contribution in [3.63, 3.8) is 0 Å². The third-order valence-electron chi connectivity index (χ3n) is 5.51. The van der Waals surface area contributed by atoms with Crippen LogP contribution in [0.3, 0.4) is 0 Å². The molecule has 4 aromatic carbocycles. The molecule has 0 saturated carbocycles. The zero-order valence-corrected chi connectivity index (χ0v) is 20.1. The number of amides is 2. The van der Waals surface area contributed by atoms with Gasteiger partial charge in [-0.25, -0.2) is 8.42 Å². The topological polar surface area (TPSA) is 92.3 Å². The minimum atomic E-state index is -3.42. The Morgan fingerprint density at radius 2 is 1.31 bits per heavy atom. The van der Waals surface area contributed by atoms with Crippen LogP contribution in [0.4, 0.5) is 11.4 Å². The van der Waals surface area contributed by atoms with E-state index in [2.05, 4.69) is 10.6 Å². The van der Waals surface area contributed by atoms with Crippen molar-refractivity contribution in [1.82, 2.24) is 0 Å². The number of anilines is 2. The highest BCUT2D eigenvalue weighted by molar-refractivity contribution is 7.90. The third kappa shape index (κ3) is 5.83. The highest BCUT2D eigenvalue weighted by atomic mass is 32.2. The molecule has 4 rings (SSSR count). The van der Waals surface area contributed by atoms with Crippen LogP contribution in [0.1, 0.15) is 26.3 Å². The summed E-state index contributed by atoms with van der Waals surface area (Å²) in [6.45, 7) is 1.81. The monoisotopic (exact) mass is 484 g/mol. The molecule has 0 radical (unpaired) electrons. The highest BCUT2D eigenvalue weighted by Crippen LogP contribution is 2.23. The number of nitrogens with one attached hydrogen (secondary N) is 2. The lowest BCUT2D eigenvalue weighted by Gasteiger charge is -2.12. The van der Waals surface area contributed by atoms with Gasteiger partial charge in [-0.1, -0.05) is 48.5 Å². The molecular weight excluding hydrogens is 460 g/mol. The van der Waals surface area contributed by atoms with E-state index >= 15 is 0 Å². The predicted molar refractivity (Wildman–Crippen MR) is 139 cm³/mol. The molecule has 35 heavy (non-hydrogen) atoms. The van der Waals surface area contributed by atoms with E-state index in [1.165, 1.54) is 18.2 Å². The maximum atomic E-state index is 12.7. The van der Waals surface area contributed by atoms with Gasteiger partial charge in [0.15, 0.2) is 9.84 Å². The quantitative estimate of drug-likeness (QED) is 0.374. The fraction of sp³-hybridized carbons (Fsp3) is 0.0714. The van der Waals surface area contributed by atoms with Crippen LogP contribution in [0, 0.1) is 6.92 Å². The summed E-state index contributed by atoms with van der Waals surface area (Å²) in [5, 5.41) is 5.67. The average molecular weight is 485 g/mol. The van der Waals surface area contributed by atoms with Crippen LogP contribution in [-0.2, 0) is 9.84 Å². The fourth-order valence-electron chi connectivity index (χ4n) is 3.59. The standard InChI is InChI=1S/C28H24N2O4S/c1-19-17-24(29-27(31)22-13-11-21(12-14-22)20-7-4-3-5-8-20)15-16-26(19)30-28(32)23-9-6-10-25(18-23)35(2,33)34/h3-18H,1-2H3,(H,29,31)(H,30,32). The second-order valence-electron chi connectivity index (χ2n) is 8.18. The first-order chi connectivity index (χ1) is 16.7. The SMILES string of the molecule is Cc1cc(NC(=O)c2ccc(-c3ccccc3)cc2)ccc1NC(=O)c1cccc(S(C)(=O)=O)c1. The number of rotatable bonds is 6. The van der Waals surface area contributed by atoms with Gasteiger partial charge >= 0.3 is 0 Å². The van der Waals surface area contributed by atoms with Gasteiger partial charge in [-0.05, 0) is 72.1 Å². The second-order valence-corrected chi connectivity index (χ2v) is 10.2. The molecule has 0 unspecified atom stereocenters. The summed E-state index contributed by atoms with van der Waals surface area (Å²) < 4.78 is 23.5. The van der Waals surface area contributed by atoms with Crippen LogP contribution >= 0.6 is 0 Å². The Bertz CT molecular complexity index is 1500. The Morgan fingerprint density at radius 1 is 0.657 bits per heavy atom. The molecular formula is C28H24N2O4S. The van der Waals surface area contributed by atoms with Crippen molar-refractivity contribution < 1.29 is 18.0 Å². The molecule has 0 aromatic heterocycles. The molecule has 0 heterocycles. The number of benzene rings is 4. The van der Waals surface area contributed by atoms with Crippen LogP contribution in [0.5, 0.6) is 0 Å². The molecule has 0 fully saturated rings. The van der Waals surface area contributed by atoms with Gasteiger partial charge in [-0.3, -0.25) is 9.59 Å². The van der Waals surface area contributed by atoms with Crippen LogP contribution in [0.2, 0.25) is 0 Å². The molecule has 176 valence electrons. The lowest BCUT2D eigenvalue weighted by atomic mass is 10.0. The van der Waals surface area contributed by atoms with E-state index in [0.717, 1.165) is 22.9 Å². The minimum absolute atomic E-state index is 0.0803. The number of hydrogen-bond donors (Lipinski definition) is 2. The number of sulfone groups is 1. The van der Waals surface area contributed by atoms with Crippen molar-refractivity contribution in [1.29, 1.82) is 0 Å². The summed E-state index contributed by atoms with van der Waals surface area (Å²) in [6.07, 6.45) is 1.10. The maximum absolute atomic E-state index is 12.7. The molecule has 2 amide bonds. The Balaban J connectivity index is 1.44. The summed E-state index contributed by atoms with van der Waals surface area (Å²) in [7, 11) is -3.42. The van der Waals surface area contributed by atoms with Gasteiger partial charge in [-0.15, -0.1) is 0 Å². The maximum Gasteiger partial charge on any atom is 0.255 e. The molecule has 0 aliphatic rings. The Morgan fingerprint density at radius 3 is 1.97 bits per heavy atom. The van der Waals surface area contributed by atoms with E-state index < -0.39 is 15.7 Å². The summed E-state index contributed by atoms with van der Waals surface area (Å²) in [5.74, 6) is -0.660. The van der Waals surface area contributed by atoms with Gasteiger partial charge in [0.1, 0.15) is 0 Å². The molecule has 7 heteroatoms. The molecule has 6 nitrogen and oxygen atoms in total. The largest absolute Gasteiger partial charge is 0.322 e. The van der Waals surface area contributed by atoms with Gasteiger partial charge < -0.3 is 10.6 Å². The Hall–Kier alpha value is -4.23. The molecule has 0 atom stereocenters. The van der Waals surface area contributed by atoms with Gasteiger partial charge in [0.05, 0.1) is 4.90 Å². The van der Waals surface area contributed by atoms with Crippen LogP contribution in [0.15, 0.2) is 102 Å². The van der Waals surface area contributed by atoms with Crippen LogP contribution < -0.4 is 10.6 Å². The van der Waals surface area contributed by atoms with Gasteiger partial charge in [0.2, 0.25) is 0 Å². The number of aryl methyl sites for hydroxylation is 1. The highest BCUT2D eigenvalue weighted by Gasteiger charge is 2.13. The van der Waals surface area contributed by atoms with Crippen molar-refractivity contribution in [2.75, 3.05) is 16.9 Å². The van der Waals surface area contributed by atoms with Crippen molar-refractivity contribution >= 4 is 33.0 Å². The molecule has 0 aliphatic heterocycles. The smallest absolute Gasteiger partial charge is 0.255 e.